The van der Waals surface area contributed by atoms with E-state index in [1.807, 2.05) is 30.3 Å². The SMILES string of the molecule is O=S(=O)(NCCc1cnc(-c2ccccc2)nc1)c1cccc(Cl)c1. The molecule has 0 bridgehead atoms. The van der Waals surface area contributed by atoms with Crippen LogP contribution in [-0.4, -0.2) is 24.9 Å². The van der Waals surface area contributed by atoms with Gasteiger partial charge in [0.15, 0.2) is 5.82 Å². The Balaban J connectivity index is 1.60. The molecule has 0 aliphatic heterocycles. The van der Waals surface area contributed by atoms with Gasteiger partial charge in [0.2, 0.25) is 10.0 Å². The van der Waals surface area contributed by atoms with E-state index in [-0.39, 0.29) is 11.4 Å². The van der Waals surface area contributed by atoms with E-state index in [0.29, 0.717) is 17.3 Å². The minimum Gasteiger partial charge on any atom is -0.236 e. The molecule has 0 radical (unpaired) electrons. The molecule has 1 N–H and O–H groups in total. The second-order valence-corrected chi connectivity index (χ2v) is 7.59. The Bertz CT molecular complexity index is 946. The van der Waals surface area contributed by atoms with Gasteiger partial charge in [-0.3, -0.25) is 0 Å². The molecule has 1 heterocycles. The Hall–Kier alpha value is -2.28. The van der Waals surface area contributed by atoms with E-state index >= 15 is 0 Å². The summed E-state index contributed by atoms with van der Waals surface area (Å²) in [5, 5.41) is 0.382. The molecule has 0 saturated heterocycles. The second-order valence-electron chi connectivity index (χ2n) is 5.39. The van der Waals surface area contributed by atoms with E-state index in [4.69, 9.17) is 11.6 Å². The lowest BCUT2D eigenvalue weighted by atomic mass is 10.2. The van der Waals surface area contributed by atoms with Gasteiger partial charge in [-0.25, -0.2) is 23.1 Å². The summed E-state index contributed by atoms with van der Waals surface area (Å²) in [6.45, 7) is 0.253. The number of benzene rings is 2. The van der Waals surface area contributed by atoms with Crippen LogP contribution in [-0.2, 0) is 16.4 Å². The van der Waals surface area contributed by atoms with E-state index in [1.165, 1.54) is 12.1 Å². The minimum atomic E-state index is -3.58. The Morgan fingerprint density at radius 3 is 2.36 bits per heavy atom. The molecule has 0 aliphatic carbocycles. The second kappa shape index (κ2) is 7.74. The maximum Gasteiger partial charge on any atom is 0.240 e. The summed E-state index contributed by atoms with van der Waals surface area (Å²) in [6, 6.07) is 15.8. The zero-order valence-corrected chi connectivity index (χ0v) is 14.8. The number of rotatable bonds is 6. The van der Waals surface area contributed by atoms with Gasteiger partial charge in [0.25, 0.3) is 0 Å². The van der Waals surface area contributed by atoms with Crippen molar-refractivity contribution in [1.29, 1.82) is 0 Å². The number of hydrogen-bond donors (Lipinski definition) is 1. The summed E-state index contributed by atoms with van der Waals surface area (Å²) < 4.78 is 27.0. The molecule has 128 valence electrons. The van der Waals surface area contributed by atoms with Gasteiger partial charge in [0.05, 0.1) is 4.90 Å². The standard InChI is InChI=1S/C18H16ClN3O2S/c19-16-7-4-8-17(11-16)25(23,24)22-10-9-14-12-20-18(21-13-14)15-5-2-1-3-6-15/h1-8,11-13,22H,9-10H2. The van der Waals surface area contributed by atoms with Crippen molar-refractivity contribution in [2.24, 2.45) is 0 Å². The summed E-state index contributed by atoms with van der Waals surface area (Å²) in [5.41, 5.74) is 1.80. The molecule has 3 rings (SSSR count). The molecular formula is C18H16ClN3O2S. The summed E-state index contributed by atoms with van der Waals surface area (Å²) in [4.78, 5) is 8.80. The highest BCUT2D eigenvalue weighted by Crippen LogP contribution is 2.15. The van der Waals surface area contributed by atoms with Crippen molar-refractivity contribution in [2.75, 3.05) is 6.54 Å². The molecule has 1 aromatic heterocycles. The topological polar surface area (TPSA) is 72.0 Å². The van der Waals surface area contributed by atoms with E-state index in [1.54, 1.807) is 24.5 Å². The number of halogens is 1. The molecule has 0 spiro atoms. The number of aromatic nitrogens is 2. The van der Waals surface area contributed by atoms with Crippen LogP contribution in [0.1, 0.15) is 5.56 Å². The summed E-state index contributed by atoms with van der Waals surface area (Å²) in [6.07, 6.45) is 3.92. The number of nitrogens with zero attached hydrogens (tertiary/aromatic N) is 2. The molecule has 0 amide bonds. The Kier molecular flexibility index (Phi) is 5.43. The van der Waals surface area contributed by atoms with Crippen LogP contribution in [0.25, 0.3) is 11.4 Å². The third-order valence-corrected chi connectivity index (χ3v) is 5.24. The van der Waals surface area contributed by atoms with Gasteiger partial charge in [0.1, 0.15) is 0 Å². The largest absolute Gasteiger partial charge is 0.240 e. The van der Waals surface area contributed by atoms with Crippen molar-refractivity contribution in [1.82, 2.24) is 14.7 Å². The van der Waals surface area contributed by atoms with E-state index < -0.39 is 10.0 Å². The lowest BCUT2D eigenvalue weighted by molar-refractivity contribution is 0.581. The van der Waals surface area contributed by atoms with E-state index in [9.17, 15) is 8.42 Å². The predicted molar refractivity (Wildman–Crippen MR) is 97.8 cm³/mol. The molecule has 0 saturated carbocycles. The highest BCUT2D eigenvalue weighted by atomic mass is 35.5. The zero-order chi connectivity index (χ0) is 17.7. The van der Waals surface area contributed by atoms with Crippen LogP contribution in [0.2, 0.25) is 5.02 Å². The van der Waals surface area contributed by atoms with Gasteiger partial charge >= 0.3 is 0 Å². The molecule has 0 aliphatic rings. The van der Waals surface area contributed by atoms with Crippen molar-refractivity contribution in [3.05, 3.63) is 77.6 Å². The maximum absolute atomic E-state index is 12.2. The third-order valence-electron chi connectivity index (χ3n) is 3.55. The average Bonchev–Trinajstić information content (AvgIpc) is 2.63. The van der Waals surface area contributed by atoms with Gasteiger partial charge in [-0.05, 0) is 30.2 Å². The lowest BCUT2D eigenvalue weighted by Gasteiger charge is -2.07. The van der Waals surface area contributed by atoms with Gasteiger partial charge < -0.3 is 0 Å². The lowest BCUT2D eigenvalue weighted by Crippen LogP contribution is -2.26. The van der Waals surface area contributed by atoms with E-state index in [2.05, 4.69) is 14.7 Å². The molecular weight excluding hydrogens is 358 g/mol. The van der Waals surface area contributed by atoms with Crippen LogP contribution in [0, 0.1) is 0 Å². The van der Waals surface area contributed by atoms with Crippen molar-refractivity contribution in [2.45, 2.75) is 11.3 Å². The Labute approximate surface area is 151 Å². The summed E-state index contributed by atoms with van der Waals surface area (Å²) in [7, 11) is -3.58. The quantitative estimate of drug-likeness (QED) is 0.719. The molecule has 0 atom stereocenters. The van der Waals surface area contributed by atoms with Crippen LogP contribution >= 0.6 is 11.6 Å². The zero-order valence-electron chi connectivity index (χ0n) is 13.3. The highest BCUT2D eigenvalue weighted by molar-refractivity contribution is 7.89. The first kappa shape index (κ1) is 17.5. The fourth-order valence-electron chi connectivity index (χ4n) is 2.27. The molecule has 0 unspecified atom stereocenters. The van der Waals surface area contributed by atoms with Gasteiger partial charge in [-0.15, -0.1) is 0 Å². The van der Waals surface area contributed by atoms with Crippen molar-refractivity contribution in [3.63, 3.8) is 0 Å². The van der Waals surface area contributed by atoms with E-state index in [0.717, 1.165) is 11.1 Å². The van der Waals surface area contributed by atoms with Gasteiger partial charge in [0, 0.05) is 29.5 Å². The smallest absolute Gasteiger partial charge is 0.236 e. The van der Waals surface area contributed by atoms with Crippen LogP contribution in [0.5, 0.6) is 0 Å². The van der Waals surface area contributed by atoms with Gasteiger partial charge in [-0.2, -0.15) is 0 Å². The number of sulfonamides is 1. The van der Waals surface area contributed by atoms with Crippen LogP contribution in [0.3, 0.4) is 0 Å². The molecule has 5 nitrogen and oxygen atoms in total. The molecule has 25 heavy (non-hydrogen) atoms. The minimum absolute atomic E-state index is 0.149. The van der Waals surface area contributed by atoms with Gasteiger partial charge in [-0.1, -0.05) is 48.0 Å². The number of hydrogen-bond acceptors (Lipinski definition) is 4. The monoisotopic (exact) mass is 373 g/mol. The van der Waals surface area contributed by atoms with Crippen molar-refractivity contribution >= 4 is 21.6 Å². The number of nitrogens with one attached hydrogen (secondary N) is 1. The first-order valence-electron chi connectivity index (χ1n) is 7.66. The van der Waals surface area contributed by atoms with Crippen LogP contribution < -0.4 is 4.72 Å². The van der Waals surface area contributed by atoms with Crippen molar-refractivity contribution < 1.29 is 8.42 Å². The Morgan fingerprint density at radius 2 is 1.68 bits per heavy atom. The summed E-state index contributed by atoms with van der Waals surface area (Å²) in [5.74, 6) is 0.642. The van der Waals surface area contributed by atoms with Crippen LogP contribution in [0.15, 0.2) is 71.9 Å². The van der Waals surface area contributed by atoms with Crippen LogP contribution in [0.4, 0.5) is 0 Å². The molecule has 3 aromatic rings. The normalized spacial score (nSPS) is 11.4. The first-order valence-corrected chi connectivity index (χ1v) is 9.52. The molecule has 2 aromatic carbocycles. The third kappa shape index (κ3) is 4.63. The Morgan fingerprint density at radius 1 is 0.960 bits per heavy atom. The predicted octanol–water partition coefficient (Wildman–Crippen LogP) is 3.32. The average molecular weight is 374 g/mol. The fraction of sp³-hybridized carbons (Fsp3) is 0.111. The summed E-state index contributed by atoms with van der Waals surface area (Å²) >= 11 is 5.84. The highest BCUT2D eigenvalue weighted by Gasteiger charge is 2.13. The van der Waals surface area contributed by atoms with Crippen molar-refractivity contribution in [3.8, 4) is 11.4 Å². The fourth-order valence-corrected chi connectivity index (χ4v) is 3.60. The maximum atomic E-state index is 12.2. The molecule has 7 heteroatoms. The molecule has 0 fully saturated rings. The first-order chi connectivity index (χ1) is 12.0.